The number of piperidine rings is 1. The summed E-state index contributed by atoms with van der Waals surface area (Å²) >= 11 is 0. The van der Waals surface area contributed by atoms with Crippen molar-refractivity contribution in [3.05, 3.63) is 65.0 Å². The van der Waals surface area contributed by atoms with Crippen LogP contribution in [0.1, 0.15) is 67.0 Å². The van der Waals surface area contributed by atoms with E-state index >= 15 is 0 Å². The Hall–Kier alpha value is -2.16. The van der Waals surface area contributed by atoms with Crippen molar-refractivity contribution >= 4 is 5.91 Å². The van der Waals surface area contributed by atoms with Crippen LogP contribution in [0.15, 0.2) is 42.5 Å². The SMILES string of the molecule is Cc1cccc(Cc2cccc(C3CCCN(C(=O)C4CCCC4)C3)n2)c1. The minimum atomic E-state index is 0.282. The molecule has 3 heteroatoms. The summed E-state index contributed by atoms with van der Waals surface area (Å²) in [6.45, 7) is 3.90. The number of amides is 1. The lowest BCUT2D eigenvalue weighted by Gasteiger charge is -2.34. The predicted molar refractivity (Wildman–Crippen MR) is 109 cm³/mol. The third-order valence-electron chi connectivity index (χ3n) is 6.15. The second kappa shape index (κ2) is 8.24. The van der Waals surface area contributed by atoms with Gasteiger partial charge in [0.25, 0.3) is 0 Å². The molecule has 2 heterocycles. The molecule has 1 aromatic carbocycles. The standard InChI is InChI=1S/C24H30N2O/c1-18-7-4-8-19(15-18)16-22-12-5-13-23(25-22)21-11-6-14-26(17-21)24(27)20-9-2-3-10-20/h4-5,7-8,12-13,15,20-21H,2-3,6,9-11,14,16-17H2,1H3. The molecule has 1 aromatic heterocycles. The first-order valence-corrected chi connectivity index (χ1v) is 10.5. The molecule has 1 aliphatic heterocycles. The van der Waals surface area contributed by atoms with Crippen molar-refractivity contribution in [1.82, 2.24) is 9.88 Å². The van der Waals surface area contributed by atoms with E-state index in [0.29, 0.717) is 11.8 Å². The van der Waals surface area contributed by atoms with Crippen LogP contribution in [0.2, 0.25) is 0 Å². The molecule has 1 aliphatic carbocycles. The first-order chi connectivity index (χ1) is 13.2. The fourth-order valence-corrected chi connectivity index (χ4v) is 4.70. The van der Waals surface area contributed by atoms with Crippen molar-refractivity contribution in [2.45, 2.75) is 57.8 Å². The Morgan fingerprint density at radius 3 is 2.70 bits per heavy atom. The number of likely N-dealkylation sites (tertiary alicyclic amines) is 1. The van der Waals surface area contributed by atoms with Crippen LogP contribution in [0.25, 0.3) is 0 Å². The van der Waals surface area contributed by atoms with Crippen LogP contribution in [-0.4, -0.2) is 28.9 Å². The van der Waals surface area contributed by atoms with Gasteiger partial charge in [-0.25, -0.2) is 0 Å². The Morgan fingerprint density at radius 2 is 1.89 bits per heavy atom. The van der Waals surface area contributed by atoms with Crippen molar-refractivity contribution in [2.75, 3.05) is 13.1 Å². The zero-order valence-electron chi connectivity index (χ0n) is 16.4. The summed E-state index contributed by atoms with van der Waals surface area (Å²) < 4.78 is 0. The van der Waals surface area contributed by atoms with Crippen LogP contribution in [0.5, 0.6) is 0 Å². The molecule has 1 unspecified atom stereocenters. The maximum Gasteiger partial charge on any atom is 0.225 e. The molecule has 2 aromatic rings. The van der Waals surface area contributed by atoms with Crippen molar-refractivity contribution in [2.24, 2.45) is 5.92 Å². The van der Waals surface area contributed by atoms with Crippen molar-refractivity contribution < 1.29 is 4.79 Å². The topological polar surface area (TPSA) is 33.2 Å². The summed E-state index contributed by atoms with van der Waals surface area (Å²) in [4.78, 5) is 19.9. The van der Waals surface area contributed by atoms with E-state index in [-0.39, 0.29) is 5.92 Å². The molecule has 4 rings (SSSR count). The number of benzene rings is 1. The van der Waals surface area contributed by atoms with Gasteiger partial charge in [0.2, 0.25) is 5.91 Å². The minimum absolute atomic E-state index is 0.282. The lowest BCUT2D eigenvalue weighted by Crippen LogP contribution is -2.42. The number of aryl methyl sites for hydroxylation is 1. The molecule has 0 bridgehead atoms. The van der Waals surface area contributed by atoms with Gasteiger partial charge in [-0.2, -0.15) is 0 Å². The average Bonchev–Trinajstić information content (AvgIpc) is 3.23. The maximum absolute atomic E-state index is 12.8. The zero-order valence-corrected chi connectivity index (χ0v) is 16.4. The highest BCUT2D eigenvalue weighted by atomic mass is 16.2. The first-order valence-electron chi connectivity index (χ1n) is 10.5. The van der Waals surface area contributed by atoms with Gasteiger partial charge < -0.3 is 4.90 Å². The zero-order chi connectivity index (χ0) is 18.6. The molecule has 1 saturated heterocycles. The van der Waals surface area contributed by atoms with Gasteiger partial charge in [-0.15, -0.1) is 0 Å². The fourth-order valence-electron chi connectivity index (χ4n) is 4.70. The third kappa shape index (κ3) is 4.40. The van der Waals surface area contributed by atoms with Crippen LogP contribution < -0.4 is 0 Å². The van der Waals surface area contributed by atoms with Gasteiger partial charge in [0, 0.05) is 42.7 Å². The molecule has 1 atom stereocenters. The van der Waals surface area contributed by atoms with E-state index in [4.69, 9.17) is 4.98 Å². The van der Waals surface area contributed by atoms with Crippen LogP contribution in [0.3, 0.4) is 0 Å². The molecule has 2 aliphatic rings. The summed E-state index contributed by atoms with van der Waals surface area (Å²) in [5, 5.41) is 0. The Bertz CT molecular complexity index is 794. The molecule has 0 radical (unpaired) electrons. The van der Waals surface area contributed by atoms with Gasteiger partial charge in [0.1, 0.15) is 0 Å². The summed E-state index contributed by atoms with van der Waals surface area (Å²) in [6.07, 6.45) is 7.70. The lowest BCUT2D eigenvalue weighted by atomic mass is 9.92. The van der Waals surface area contributed by atoms with Crippen LogP contribution in [-0.2, 0) is 11.2 Å². The van der Waals surface area contributed by atoms with Gasteiger partial charge in [-0.1, -0.05) is 48.7 Å². The van der Waals surface area contributed by atoms with E-state index in [1.165, 1.54) is 24.0 Å². The Morgan fingerprint density at radius 1 is 1.07 bits per heavy atom. The fraction of sp³-hybridized carbons (Fsp3) is 0.500. The lowest BCUT2D eigenvalue weighted by molar-refractivity contribution is -0.136. The second-order valence-corrected chi connectivity index (χ2v) is 8.32. The number of hydrogen-bond donors (Lipinski definition) is 0. The van der Waals surface area contributed by atoms with Gasteiger partial charge in [0.15, 0.2) is 0 Å². The van der Waals surface area contributed by atoms with E-state index in [1.807, 2.05) is 0 Å². The van der Waals surface area contributed by atoms with Crippen molar-refractivity contribution in [3.8, 4) is 0 Å². The first kappa shape index (κ1) is 18.2. The van der Waals surface area contributed by atoms with Crippen molar-refractivity contribution in [1.29, 1.82) is 0 Å². The molecule has 0 N–H and O–H groups in total. The predicted octanol–water partition coefficient (Wildman–Crippen LogP) is 4.88. The summed E-state index contributed by atoms with van der Waals surface area (Å²) in [7, 11) is 0. The smallest absolute Gasteiger partial charge is 0.225 e. The molecule has 1 amide bonds. The summed E-state index contributed by atoms with van der Waals surface area (Å²) in [5.41, 5.74) is 4.87. The van der Waals surface area contributed by atoms with Gasteiger partial charge in [-0.3, -0.25) is 9.78 Å². The number of hydrogen-bond acceptors (Lipinski definition) is 2. The molecule has 27 heavy (non-hydrogen) atoms. The highest BCUT2D eigenvalue weighted by molar-refractivity contribution is 5.79. The number of carbonyl (C=O) groups is 1. The number of rotatable bonds is 4. The summed E-state index contributed by atoms with van der Waals surface area (Å²) in [6, 6.07) is 15.0. The number of carbonyl (C=O) groups excluding carboxylic acids is 1. The van der Waals surface area contributed by atoms with Crippen molar-refractivity contribution in [3.63, 3.8) is 0 Å². The Labute approximate surface area is 162 Å². The van der Waals surface area contributed by atoms with Crippen LogP contribution >= 0.6 is 0 Å². The highest BCUT2D eigenvalue weighted by Crippen LogP contribution is 2.31. The molecule has 3 nitrogen and oxygen atoms in total. The quantitative estimate of drug-likeness (QED) is 0.777. The molecule has 2 fully saturated rings. The van der Waals surface area contributed by atoms with E-state index in [1.54, 1.807) is 0 Å². The highest BCUT2D eigenvalue weighted by Gasteiger charge is 2.31. The Kier molecular flexibility index (Phi) is 5.56. The van der Waals surface area contributed by atoms with Gasteiger partial charge in [0.05, 0.1) is 0 Å². The van der Waals surface area contributed by atoms with Gasteiger partial charge >= 0.3 is 0 Å². The minimum Gasteiger partial charge on any atom is -0.342 e. The Balaban J connectivity index is 1.45. The van der Waals surface area contributed by atoms with E-state index < -0.39 is 0 Å². The van der Waals surface area contributed by atoms with E-state index in [2.05, 4.69) is 54.3 Å². The second-order valence-electron chi connectivity index (χ2n) is 8.32. The number of nitrogens with zero attached hydrogens (tertiary/aromatic N) is 2. The molecule has 142 valence electrons. The number of pyridine rings is 1. The monoisotopic (exact) mass is 362 g/mol. The van der Waals surface area contributed by atoms with E-state index in [9.17, 15) is 4.79 Å². The molecule has 0 spiro atoms. The largest absolute Gasteiger partial charge is 0.342 e. The van der Waals surface area contributed by atoms with Gasteiger partial charge in [-0.05, 0) is 50.3 Å². The third-order valence-corrected chi connectivity index (χ3v) is 6.15. The van der Waals surface area contributed by atoms with E-state index in [0.717, 1.165) is 56.6 Å². The molecular weight excluding hydrogens is 332 g/mol. The van der Waals surface area contributed by atoms with Crippen LogP contribution in [0, 0.1) is 12.8 Å². The normalized spacial score (nSPS) is 20.8. The summed E-state index contributed by atoms with van der Waals surface area (Å²) in [5.74, 6) is 1.05. The molecular formula is C24H30N2O. The maximum atomic E-state index is 12.8. The molecule has 1 saturated carbocycles. The number of aromatic nitrogens is 1. The van der Waals surface area contributed by atoms with Crippen LogP contribution in [0.4, 0.5) is 0 Å². The average molecular weight is 363 g/mol.